The molecule has 2 heterocycles. The first-order valence-corrected chi connectivity index (χ1v) is 7.24. The molecule has 0 bridgehead atoms. The van der Waals surface area contributed by atoms with Crippen LogP contribution in [-0.4, -0.2) is 24.5 Å². The van der Waals surface area contributed by atoms with E-state index in [4.69, 9.17) is 23.2 Å². The van der Waals surface area contributed by atoms with E-state index in [-0.39, 0.29) is 0 Å². The molecule has 0 aliphatic rings. The van der Waals surface area contributed by atoms with Crippen LogP contribution < -0.4 is 0 Å². The monoisotopic (exact) mass is 309 g/mol. The average molecular weight is 310 g/mol. The second kappa shape index (κ2) is 5.81. The summed E-state index contributed by atoms with van der Waals surface area (Å²) in [5.74, 6) is 1.25. The van der Waals surface area contributed by atoms with E-state index >= 15 is 0 Å². The summed E-state index contributed by atoms with van der Waals surface area (Å²) in [5, 5.41) is 8.44. The predicted octanol–water partition coefficient (Wildman–Crippen LogP) is 3.11. The molecule has 0 amide bonds. The molecule has 0 saturated carbocycles. The molecule has 0 radical (unpaired) electrons. The lowest BCUT2D eigenvalue weighted by atomic mass is 10.3. The number of aryl methyl sites for hydroxylation is 2. The molecular weight excluding hydrogens is 297 g/mol. The Bertz CT molecular complexity index is 705. The molecule has 0 spiro atoms. The third-order valence-electron chi connectivity index (χ3n) is 3.15. The van der Waals surface area contributed by atoms with Crippen molar-refractivity contribution < 1.29 is 0 Å². The van der Waals surface area contributed by atoms with Crippen LogP contribution in [0.4, 0.5) is 0 Å². The van der Waals surface area contributed by atoms with Gasteiger partial charge in [-0.15, -0.1) is 16.7 Å². The van der Waals surface area contributed by atoms with E-state index in [0.717, 1.165) is 36.4 Å². The van der Waals surface area contributed by atoms with Crippen LogP contribution in [0.2, 0.25) is 5.02 Å². The molecule has 20 heavy (non-hydrogen) atoms. The first-order chi connectivity index (χ1) is 9.78. The minimum absolute atomic E-state index is 0.385. The number of imidazole rings is 1. The van der Waals surface area contributed by atoms with Crippen molar-refractivity contribution in [2.45, 2.75) is 25.4 Å². The number of aromatic nitrogens is 5. The van der Waals surface area contributed by atoms with Gasteiger partial charge in [-0.1, -0.05) is 16.8 Å². The standard InChI is InChI=1S/C13H13Cl2N5/c14-9-13-17-11-3-2-10(15)8-12(11)20(13)6-1-5-19-7-4-16-18-19/h2-4,7-8H,1,5-6,9H2. The van der Waals surface area contributed by atoms with Crippen molar-refractivity contribution in [1.82, 2.24) is 24.5 Å². The first-order valence-electron chi connectivity index (χ1n) is 6.32. The van der Waals surface area contributed by atoms with Crippen molar-refractivity contribution in [3.05, 3.63) is 41.4 Å². The normalized spacial score (nSPS) is 11.3. The van der Waals surface area contributed by atoms with Crippen molar-refractivity contribution in [1.29, 1.82) is 0 Å². The van der Waals surface area contributed by atoms with Crippen LogP contribution in [0.25, 0.3) is 11.0 Å². The van der Waals surface area contributed by atoms with Gasteiger partial charge < -0.3 is 4.57 Å². The van der Waals surface area contributed by atoms with Crippen LogP contribution in [0.1, 0.15) is 12.2 Å². The van der Waals surface area contributed by atoms with Gasteiger partial charge in [-0.2, -0.15) is 0 Å². The van der Waals surface area contributed by atoms with Crippen LogP contribution in [-0.2, 0) is 19.0 Å². The summed E-state index contributed by atoms with van der Waals surface area (Å²) in [4.78, 5) is 4.53. The van der Waals surface area contributed by atoms with Gasteiger partial charge in [-0.25, -0.2) is 4.98 Å². The topological polar surface area (TPSA) is 48.5 Å². The lowest BCUT2D eigenvalue weighted by molar-refractivity contribution is 0.514. The molecule has 0 saturated heterocycles. The zero-order chi connectivity index (χ0) is 13.9. The summed E-state index contributed by atoms with van der Waals surface area (Å²) >= 11 is 12.0. The highest BCUT2D eigenvalue weighted by atomic mass is 35.5. The molecule has 5 nitrogen and oxygen atoms in total. The van der Waals surface area contributed by atoms with E-state index < -0.39 is 0 Å². The molecule has 1 aromatic carbocycles. The molecule has 0 atom stereocenters. The summed E-state index contributed by atoms with van der Waals surface area (Å²) in [6.07, 6.45) is 4.45. The van der Waals surface area contributed by atoms with Gasteiger partial charge in [0.1, 0.15) is 5.82 Å². The van der Waals surface area contributed by atoms with Gasteiger partial charge in [0.15, 0.2) is 0 Å². The summed E-state index contributed by atoms with van der Waals surface area (Å²) in [6, 6.07) is 5.69. The van der Waals surface area contributed by atoms with Crippen LogP contribution in [0.5, 0.6) is 0 Å². The summed E-state index contributed by atoms with van der Waals surface area (Å²) in [7, 11) is 0. The SMILES string of the molecule is ClCc1nc2ccc(Cl)cc2n1CCCn1ccnn1. The van der Waals surface area contributed by atoms with Crippen molar-refractivity contribution in [2.75, 3.05) is 0 Å². The average Bonchev–Trinajstić information content (AvgIpc) is 3.07. The second-order valence-electron chi connectivity index (χ2n) is 4.47. The van der Waals surface area contributed by atoms with Gasteiger partial charge in [0.05, 0.1) is 23.1 Å². The Labute approximate surface area is 126 Å². The fraction of sp³-hybridized carbons (Fsp3) is 0.308. The number of nitrogens with zero attached hydrogens (tertiary/aromatic N) is 5. The number of rotatable bonds is 5. The molecule has 0 aliphatic heterocycles. The van der Waals surface area contributed by atoms with Crippen molar-refractivity contribution in [2.24, 2.45) is 0 Å². The zero-order valence-corrected chi connectivity index (χ0v) is 12.2. The van der Waals surface area contributed by atoms with Crippen molar-refractivity contribution in [3.8, 4) is 0 Å². The lowest BCUT2D eigenvalue weighted by Crippen LogP contribution is -2.07. The Balaban J connectivity index is 1.83. The highest BCUT2D eigenvalue weighted by Crippen LogP contribution is 2.22. The number of hydrogen-bond acceptors (Lipinski definition) is 3. The summed E-state index contributed by atoms with van der Waals surface area (Å²) in [5.41, 5.74) is 1.94. The first kappa shape index (κ1) is 13.4. The Morgan fingerprint density at radius 2 is 2.10 bits per heavy atom. The highest BCUT2D eigenvalue weighted by Gasteiger charge is 2.10. The van der Waals surface area contributed by atoms with E-state index in [2.05, 4.69) is 19.9 Å². The van der Waals surface area contributed by atoms with Gasteiger partial charge in [0.2, 0.25) is 0 Å². The molecular formula is C13H13Cl2N5. The van der Waals surface area contributed by atoms with Crippen molar-refractivity contribution >= 4 is 34.2 Å². The Morgan fingerprint density at radius 1 is 1.20 bits per heavy atom. The molecule has 3 rings (SSSR count). The van der Waals surface area contributed by atoms with Crippen LogP contribution in [0.15, 0.2) is 30.6 Å². The molecule has 104 valence electrons. The predicted molar refractivity (Wildman–Crippen MR) is 78.9 cm³/mol. The van der Waals surface area contributed by atoms with Crippen LogP contribution >= 0.6 is 23.2 Å². The molecule has 2 aromatic heterocycles. The minimum Gasteiger partial charge on any atom is -0.327 e. The van der Waals surface area contributed by atoms with Gasteiger partial charge in [0.25, 0.3) is 0 Å². The largest absolute Gasteiger partial charge is 0.327 e. The van der Waals surface area contributed by atoms with Gasteiger partial charge >= 0.3 is 0 Å². The third-order valence-corrected chi connectivity index (χ3v) is 3.62. The third kappa shape index (κ3) is 2.64. The molecule has 0 unspecified atom stereocenters. The molecule has 7 heteroatoms. The van der Waals surface area contributed by atoms with E-state index in [1.165, 1.54) is 0 Å². The maximum atomic E-state index is 6.06. The maximum absolute atomic E-state index is 6.06. The number of alkyl halides is 1. The summed E-state index contributed by atoms with van der Waals surface area (Å²) in [6.45, 7) is 1.63. The van der Waals surface area contributed by atoms with Crippen LogP contribution in [0, 0.1) is 0 Å². The quantitative estimate of drug-likeness (QED) is 0.680. The lowest BCUT2D eigenvalue weighted by Gasteiger charge is -2.07. The minimum atomic E-state index is 0.385. The zero-order valence-electron chi connectivity index (χ0n) is 10.7. The molecule has 0 N–H and O–H groups in total. The fourth-order valence-electron chi connectivity index (χ4n) is 2.24. The molecule has 0 aliphatic carbocycles. The Kier molecular flexibility index (Phi) is 3.89. The fourth-order valence-corrected chi connectivity index (χ4v) is 2.61. The maximum Gasteiger partial charge on any atom is 0.124 e. The number of hydrogen-bond donors (Lipinski definition) is 0. The van der Waals surface area contributed by atoms with Crippen LogP contribution in [0.3, 0.4) is 0 Å². The van der Waals surface area contributed by atoms with E-state index in [1.807, 2.05) is 29.1 Å². The van der Waals surface area contributed by atoms with Gasteiger partial charge in [-0.05, 0) is 24.6 Å². The summed E-state index contributed by atoms with van der Waals surface area (Å²) < 4.78 is 3.93. The van der Waals surface area contributed by atoms with E-state index in [9.17, 15) is 0 Å². The number of halogens is 2. The van der Waals surface area contributed by atoms with E-state index in [1.54, 1.807) is 6.20 Å². The number of benzene rings is 1. The second-order valence-corrected chi connectivity index (χ2v) is 5.17. The Hall–Kier alpha value is -1.59. The van der Waals surface area contributed by atoms with Gasteiger partial charge in [0, 0.05) is 24.3 Å². The molecule has 3 aromatic rings. The van der Waals surface area contributed by atoms with Gasteiger partial charge in [-0.3, -0.25) is 4.68 Å². The Morgan fingerprint density at radius 3 is 2.85 bits per heavy atom. The number of fused-ring (bicyclic) bond motifs is 1. The highest BCUT2D eigenvalue weighted by molar-refractivity contribution is 6.31. The molecule has 0 fully saturated rings. The van der Waals surface area contributed by atoms with E-state index in [0.29, 0.717) is 10.9 Å². The smallest absolute Gasteiger partial charge is 0.124 e. The van der Waals surface area contributed by atoms with Crippen molar-refractivity contribution in [3.63, 3.8) is 0 Å².